The Morgan fingerprint density at radius 3 is 2.81 bits per heavy atom. The summed E-state index contributed by atoms with van der Waals surface area (Å²) in [6.45, 7) is 5.25. The zero-order chi connectivity index (χ0) is 11.5. The highest BCUT2D eigenvalue weighted by Crippen LogP contribution is 2.39. The molecule has 1 aromatic rings. The smallest absolute Gasteiger partial charge is 0.128 e. The van der Waals surface area contributed by atoms with Gasteiger partial charge in [0.1, 0.15) is 5.82 Å². The zero-order valence-electron chi connectivity index (χ0n) is 10.2. The third-order valence-corrected chi connectivity index (χ3v) is 3.60. The van der Waals surface area contributed by atoms with Crippen LogP contribution in [0.1, 0.15) is 43.4 Å². The lowest BCUT2D eigenvalue weighted by molar-refractivity contribution is 0.233. The van der Waals surface area contributed by atoms with Crippen LogP contribution in [-0.2, 0) is 0 Å². The van der Waals surface area contributed by atoms with Crippen LogP contribution in [0.3, 0.4) is 0 Å². The molecule has 0 saturated heterocycles. The van der Waals surface area contributed by atoms with E-state index in [0.717, 1.165) is 12.5 Å². The summed E-state index contributed by atoms with van der Waals surface area (Å²) in [6, 6.07) is 2.45. The molecule has 1 saturated carbocycles. The summed E-state index contributed by atoms with van der Waals surface area (Å²) in [6.07, 6.45) is 5.76. The lowest BCUT2D eigenvalue weighted by Gasteiger charge is -2.35. The molecule has 2 rings (SSSR count). The molecule has 0 aliphatic heterocycles. The molecule has 1 aliphatic carbocycles. The maximum Gasteiger partial charge on any atom is 0.128 e. The van der Waals surface area contributed by atoms with E-state index in [0.29, 0.717) is 11.9 Å². The topological polar surface area (TPSA) is 50.9 Å². The minimum absolute atomic E-state index is 0.396. The van der Waals surface area contributed by atoms with Crippen molar-refractivity contribution in [3.63, 3.8) is 0 Å². The van der Waals surface area contributed by atoms with E-state index in [1.54, 1.807) is 6.20 Å². The number of nitrogens with two attached hydrogens (primary N) is 1. The number of hydrogen-bond acceptors (Lipinski definition) is 3. The first-order chi connectivity index (χ1) is 7.74. The van der Waals surface area contributed by atoms with E-state index in [1.807, 2.05) is 0 Å². The van der Waals surface area contributed by atoms with Crippen molar-refractivity contribution in [2.24, 2.45) is 5.92 Å². The lowest BCUT2D eigenvalue weighted by Crippen LogP contribution is -2.33. The van der Waals surface area contributed by atoms with Crippen LogP contribution >= 0.6 is 0 Å². The van der Waals surface area contributed by atoms with Crippen molar-refractivity contribution in [3.05, 3.63) is 23.4 Å². The van der Waals surface area contributed by atoms with E-state index in [9.17, 15) is 0 Å². The number of aromatic nitrogens is 1. The molecule has 88 valence electrons. The van der Waals surface area contributed by atoms with E-state index in [1.165, 1.54) is 30.4 Å². The quantitative estimate of drug-likeness (QED) is 0.817. The fraction of sp³-hybridized carbons (Fsp3) is 0.615. The van der Waals surface area contributed by atoms with Crippen LogP contribution in [0, 0.1) is 12.8 Å². The maximum absolute atomic E-state index is 6.02. The SMILES string of the molecule is CCNC(c1c(C)ccnc1N)C1CCC1. The van der Waals surface area contributed by atoms with Gasteiger partial charge in [-0.1, -0.05) is 13.3 Å². The van der Waals surface area contributed by atoms with Crippen molar-refractivity contribution in [1.29, 1.82) is 0 Å². The molecular weight excluding hydrogens is 198 g/mol. The molecule has 3 heteroatoms. The van der Waals surface area contributed by atoms with Crippen LogP contribution in [0.2, 0.25) is 0 Å². The van der Waals surface area contributed by atoms with Gasteiger partial charge in [0.05, 0.1) is 0 Å². The Morgan fingerprint density at radius 2 is 2.31 bits per heavy atom. The zero-order valence-corrected chi connectivity index (χ0v) is 10.2. The molecule has 3 nitrogen and oxygen atoms in total. The summed E-state index contributed by atoms with van der Waals surface area (Å²) >= 11 is 0. The molecule has 16 heavy (non-hydrogen) atoms. The summed E-state index contributed by atoms with van der Waals surface area (Å²) in [4.78, 5) is 4.22. The van der Waals surface area contributed by atoms with E-state index < -0.39 is 0 Å². The third-order valence-electron chi connectivity index (χ3n) is 3.60. The number of anilines is 1. The molecule has 1 fully saturated rings. The van der Waals surface area contributed by atoms with Gasteiger partial charge in [-0.25, -0.2) is 4.98 Å². The van der Waals surface area contributed by atoms with Gasteiger partial charge < -0.3 is 11.1 Å². The average molecular weight is 219 g/mol. The molecule has 0 amide bonds. The molecule has 1 atom stereocenters. The normalized spacial score (nSPS) is 18.1. The van der Waals surface area contributed by atoms with Crippen molar-refractivity contribution in [1.82, 2.24) is 10.3 Å². The summed E-state index contributed by atoms with van der Waals surface area (Å²) in [7, 11) is 0. The lowest BCUT2D eigenvalue weighted by atomic mass is 9.76. The van der Waals surface area contributed by atoms with Crippen molar-refractivity contribution < 1.29 is 0 Å². The number of aryl methyl sites for hydroxylation is 1. The first-order valence-electron chi connectivity index (χ1n) is 6.18. The van der Waals surface area contributed by atoms with Crippen LogP contribution in [0.4, 0.5) is 5.82 Å². The minimum Gasteiger partial charge on any atom is -0.383 e. The Kier molecular flexibility index (Phi) is 3.44. The fourth-order valence-electron chi connectivity index (χ4n) is 2.49. The van der Waals surface area contributed by atoms with E-state index in [-0.39, 0.29) is 0 Å². The summed E-state index contributed by atoms with van der Waals surface area (Å²) in [5, 5.41) is 3.56. The predicted octanol–water partition coefficient (Wildman–Crippen LogP) is 2.42. The van der Waals surface area contributed by atoms with Crippen LogP contribution in [0.25, 0.3) is 0 Å². The Bertz CT molecular complexity index is 338. The van der Waals surface area contributed by atoms with Gasteiger partial charge in [0.2, 0.25) is 0 Å². The summed E-state index contributed by atoms with van der Waals surface area (Å²) < 4.78 is 0. The standard InChI is InChI=1S/C13H21N3/c1-3-15-12(10-5-4-6-10)11-9(2)7-8-16-13(11)14/h7-8,10,12,15H,3-6H2,1-2H3,(H2,14,16). The monoisotopic (exact) mass is 219 g/mol. The molecule has 1 heterocycles. The third kappa shape index (κ3) is 2.05. The highest BCUT2D eigenvalue weighted by atomic mass is 14.9. The number of nitrogens with zero attached hydrogens (tertiary/aromatic N) is 1. The van der Waals surface area contributed by atoms with Gasteiger partial charge in [-0.2, -0.15) is 0 Å². The van der Waals surface area contributed by atoms with Gasteiger partial charge in [0.25, 0.3) is 0 Å². The van der Waals surface area contributed by atoms with Gasteiger partial charge in [0.15, 0.2) is 0 Å². The van der Waals surface area contributed by atoms with Crippen molar-refractivity contribution in [3.8, 4) is 0 Å². The Balaban J connectivity index is 2.29. The van der Waals surface area contributed by atoms with Crippen molar-refractivity contribution in [2.75, 3.05) is 12.3 Å². The van der Waals surface area contributed by atoms with Crippen LogP contribution in [0.5, 0.6) is 0 Å². The van der Waals surface area contributed by atoms with Gasteiger partial charge in [-0.3, -0.25) is 0 Å². The van der Waals surface area contributed by atoms with Crippen LogP contribution < -0.4 is 11.1 Å². The van der Waals surface area contributed by atoms with E-state index >= 15 is 0 Å². The maximum atomic E-state index is 6.02. The predicted molar refractivity (Wildman–Crippen MR) is 67.1 cm³/mol. The molecule has 1 aromatic heterocycles. The van der Waals surface area contributed by atoms with E-state index in [2.05, 4.69) is 30.2 Å². The number of pyridine rings is 1. The summed E-state index contributed by atoms with van der Waals surface area (Å²) in [5.41, 5.74) is 8.49. The van der Waals surface area contributed by atoms with Crippen molar-refractivity contribution >= 4 is 5.82 Å². The van der Waals surface area contributed by atoms with Crippen LogP contribution in [0.15, 0.2) is 12.3 Å². The fourth-order valence-corrected chi connectivity index (χ4v) is 2.49. The number of rotatable bonds is 4. The largest absolute Gasteiger partial charge is 0.383 e. The Morgan fingerprint density at radius 1 is 1.56 bits per heavy atom. The number of hydrogen-bond donors (Lipinski definition) is 2. The highest BCUT2D eigenvalue weighted by Gasteiger charge is 2.30. The Hall–Kier alpha value is -1.09. The first-order valence-corrected chi connectivity index (χ1v) is 6.18. The minimum atomic E-state index is 0.396. The molecule has 0 bridgehead atoms. The first kappa shape index (κ1) is 11.4. The number of nitrogen functional groups attached to an aromatic ring is 1. The molecule has 1 aliphatic rings. The summed E-state index contributed by atoms with van der Waals surface area (Å²) in [5.74, 6) is 1.43. The Labute approximate surface area is 97.5 Å². The van der Waals surface area contributed by atoms with Gasteiger partial charge in [-0.05, 0) is 43.9 Å². The molecule has 1 unspecified atom stereocenters. The average Bonchev–Trinajstić information content (AvgIpc) is 2.14. The van der Waals surface area contributed by atoms with E-state index in [4.69, 9.17) is 5.73 Å². The second kappa shape index (κ2) is 4.83. The van der Waals surface area contributed by atoms with Crippen molar-refractivity contribution in [2.45, 2.75) is 39.2 Å². The van der Waals surface area contributed by atoms with Gasteiger partial charge in [-0.15, -0.1) is 0 Å². The number of nitrogens with one attached hydrogen (secondary N) is 1. The second-order valence-corrected chi connectivity index (χ2v) is 4.65. The highest BCUT2D eigenvalue weighted by molar-refractivity contribution is 5.46. The van der Waals surface area contributed by atoms with Gasteiger partial charge in [0, 0.05) is 17.8 Å². The second-order valence-electron chi connectivity index (χ2n) is 4.65. The molecule has 0 radical (unpaired) electrons. The molecule has 0 spiro atoms. The molecule has 3 N–H and O–H groups in total. The van der Waals surface area contributed by atoms with Crippen LogP contribution in [-0.4, -0.2) is 11.5 Å². The molecule has 0 aromatic carbocycles. The van der Waals surface area contributed by atoms with Gasteiger partial charge >= 0.3 is 0 Å². The molecular formula is C13H21N3.